The maximum atomic E-state index is 12.6. The van der Waals surface area contributed by atoms with E-state index in [9.17, 15) is 9.59 Å². The van der Waals surface area contributed by atoms with Crippen molar-refractivity contribution in [1.82, 2.24) is 5.32 Å². The van der Waals surface area contributed by atoms with Gasteiger partial charge in [-0.3, -0.25) is 9.59 Å². The molecule has 2 rings (SSSR count). The fourth-order valence-electron chi connectivity index (χ4n) is 2.38. The fourth-order valence-corrected chi connectivity index (χ4v) is 2.86. The Balaban J connectivity index is 2.09. The number of nitriles is 1. The van der Waals surface area contributed by atoms with Crippen LogP contribution in [0.2, 0.25) is 0 Å². The number of thioether (sulfide) groups is 1. The lowest BCUT2D eigenvalue weighted by atomic mass is 10.1. The van der Waals surface area contributed by atoms with Gasteiger partial charge in [-0.2, -0.15) is 17.0 Å². The molecule has 2 amide bonds. The highest BCUT2D eigenvalue weighted by molar-refractivity contribution is 7.98. The lowest BCUT2D eigenvalue weighted by Crippen LogP contribution is -2.44. The smallest absolute Gasteiger partial charge is 0.251 e. The lowest BCUT2D eigenvalue weighted by Gasteiger charge is -2.18. The van der Waals surface area contributed by atoms with E-state index in [2.05, 4.69) is 10.6 Å². The number of hydrogen-bond acceptors (Lipinski definition) is 5. The minimum atomic E-state index is -0.683. The van der Waals surface area contributed by atoms with Crippen LogP contribution in [0.15, 0.2) is 48.5 Å². The number of rotatable bonds is 8. The summed E-state index contributed by atoms with van der Waals surface area (Å²) in [6.07, 6.45) is 2.43. The Morgan fingerprint density at radius 3 is 2.59 bits per heavy atom. The highest BCUT2D eigenvalue weighted by atomic mass is 32.2. The summed E-state index contributed by atoms with van der Waals surface area (Å²) < 4.78 is 5.09. The number of carbonyl (C=O) groups excluding carboxylic acids is 2. The number of benzene rings is 2. The average molecular weight is 383 g/mol. The zero-order valence-electron chi connectivity index (χ0n) is 15.2. The molecule has 0 aliphatic heterocycles. The minimum Gasteiger partial charge on any atom is -0.497 e. The van der Waals surface area contributed by atoms with E-state index in [1.54, 1.807) is 67.4 Å². The van der Waals surface area contributed by atoms with Crippen LogP contribution in [-0.4, -0.2) is 37.0 Å². The fraction of sp³-hybridized carbons (Fsp3) is 0.250. The van der Waals surface area contributed by atoms with Crippen LogP contribution in [-0.2, 0) is 4.79 Å². The Kier molecular flexibility index (Phi) is 7.71. The number of anilines is 1. The SMILES string of the molecule is COc1ccc(C(=O)N[C@@H](CCSC)C(=O)Nc2cccc(C#N)c2)cc1. The number of methoxy groups -OCH3 is 1. The number of hydrogen-bond donors (Lipinski definition) is 2. The molecule has 0 bridgehead atoms. The summed E-state index contributed by atoms with van der Waals surface area (Å²) in [5.41, 5.74) is 1.42. The Morgan fingerprint density at radius 1 is 1.22 bits per heavy atom. The lowest BCUT2D eigenvalue weighted by molar-refractivity contribution is -0.118. The zero-order chi connectivity index (χ0) is 19.6. The van der Waals surface area contributed by atoms with E-state index < -0.39 is 6.04 Å². The van der Waals surface area contributed by atoms with Crippen LogP contribution in [0.4, 0.5) is 5.69 Å². The first kappa shape index (κ1) is 20.3. The van der Waals surface area contributed by atoms with Crippen LogP contribution < -0.4 is 15.4 Å². The maximum absolute atomic E-state index is 12.6. The van der Waals surface area contributed by atoms with Gasteiger partial charge < -0.3 is 15.4 Å². The second kappa shape index (κ2) is 10.2. The molecule has 2 aromatic rings. The normalized spacial score (nSPS) is 11.1. The third-order valence-corrected chi connectivity index (χ3v) is 4.49. The van der Waals surface area contributed by atoms with E-state index in [1.807, 2.05) is 12.3 Å². The van der Waals surface area contributed by atoms with Crippen LogP contribution >= 0.6 is 11.8 Å². The third kappa shape index (κ3) is 6.04. The highest BCUT2D eigenvalue weighted by Gasteiger charge is 2.21. The number of nitrogens with one attached hydrogen (secondary N) is 2. The molecule has 0 aliphatic carbocycles. The topological polar surface area (TPSA) is 91.2 Å². The van der Waals surface area contributed by atoms with Crippen molar-refractivity contribution in [3.63, 3.8) is 0 Å². The van der Waals surface area contributed by atoms with E-state index in [4.69, 9.17) is 10.00 Å². The molecule has 0 radical (unpaired) electrons. The standard InChI is InChI=1S/C20H21N3O3S/c1-26-17-8-6-15(7-9-17)19(24)23-18(10-11-27-2)20(25)22-16-5-3-4-14(12-16)13-21/h3-9,12,18H,10-11H2,1-2H3,(H,22,25)(H,23,24)/t18-/m0/s1. The van der Waals surface area contributed by atoms with Crippen LogP contribution in [0.5, 0.6) is 5.75 Å². The molecule has 140 valence electrons. The molecule has 0 fully saturated rings. The first-order chi connectivity index (χ1) is 13.1. The van der Waals surface area contributed by atoms with Crippen molar-refractivity contribution < 1.29 is 14.3 Å². The third-order valence-electron chi connectivity index (χ3n) is 3.84. The van der Waals surface area contributed by atoms with Crippen molar-refractivity contribution in [3.8, 4) is 11.8 Å². The molecule has 0 aromatic heterocycles. The first-order valence-corrected chi connectivity index (χ1v) is 9.71. The molecule has 0 aliphatic rings. The molecule has 7 heteroatoms. The molecule has 6 nitrogen and oxygen atoms in total. The van der Waals surface area contributed by atoms with Gasteiger partial charge in [0.05, 0.1) is 18.7 Å². The van der Waals surface area contributed by atoms with Crippen LogP contribution in [0.25, 0.3) is 0 Å². The summed E-state index contributed by atoms with van der Waals surface area (Å²) in [6, 6.07) is 14.7. The van der Waals surface area contributed by atoms with E-state index >= 15 is 0 Å². The van der Waals surface area contributed by atoms with E-state index in [0.717, 1.165) is 5.75 Å². The van der Waals surface area contributed by atoms with Gasteiger partial charge in [0, 0.05) is 11.3 Å². The van der Waals surface area contributed by atoms with Crippen molar-refractivity contribution in [2.24, 2.45) is 0 Å². The summed E-state index contributed by atoms with van der Waals surface area (Å²) in [5.74, 6) is 0.727. The van der Waals surface area contributed by atoms with Crippen molar-refractivity contribution in [3.05, 3.63) is 59.7 Å². The molecule has 1 atom stereocenters. The first-order valence-electron chi connectivity index (χ1n) is 8.32. The van der Waals surface area contributed by atoms with Crippen molar-refractivity contribution >= 4 is 29.3 Å². The monoisotopic (exact) mass is 383 g/mol. The maximum Gasteiger partial charge on any atom is 0.251 e. The van der Waals surface area contributed by atoms with E-state index in [0.29, 0.717) is 29.0 Å². The number of carbonyl (C=O) groups is 2. The molecule has 0 spiro atoms. The molecule has 0 unspecified atom stereocenters. The van der Waals surface area contributed by atoms with Gasteiger partial charge in [-0.1, -0.05) is 6.07 Å². The van der Waals surface area contributed by atoms with Gasteiger partial charge in [0.2, 0.25) is 5.91 Å². The second-order valence-electron chi connectivity index (χ2n) is 5.72. The molecule has 0 saturated carbocycles. The molecular formula is C20H21N3O3S. The Hall–Kier alpha value is -2.98. The summed E-state index contributed by atoms with van der Waals surface area (Å²) in [4.78, 5) is 25.1. The number of nitrogens with zero attached hydrogens (tertiary/aromatic N) is 1. The summed E-state index contributed by atoms with van der Waals surface area (Å²) >= 11 is 1.60. The predicted octanol–water partition coefficient (Wildman–Crippen LogP) is 3.06. The molecule has 2 N–H and O–H groups in total. The molecule has 0 saturated heterocycles. The van der Waals surface area contributed by atoms with Gasteiger partial charge in [-0.05, 0) is 60.9 Å². The molecular weight excluding hydrogens is 362 g/mol. The van der Waals surface area contributed by atoms with Gasteiger partial charge in [-0.25, -0.2) is 0 Å². The largest absolute Gasteiger partial charge is 0.497 e. The van der Waals surface area contributed by atoms with Gasteiger partial charge in [-0.15, -0.1) is 0 Å². The zero-order valence-corrected chi connectivity index (χ0v) is 16.0. The number of amides is 2. The van der Waals surface area contributed by atoms with Gasteiger partial charge >= 0.3 is 0 Å². The average Bonchev–Trinajstić information content (AvgIpc) is 2.71. The molecule has 0 heterocycles. The van der Waals surface area contributed by atoms with Crippen LogP contribution in [0.1, 0.15) is 22.3 Å². The van der Waals surface area contributed by atoms with Crippen LogP contribution in [0, 0.1) is 11.3 Å². The van der Waals surface area contributed by atoms with Crippen LogP contribution in [0.3, 0.4) is 0 Å². The minimum absolute atomic E-state index is 0.319. The summed E-state index contributed by atoms with van der Waals surface area (Å²) in [5, 5.41) is 14.5. The van der Waals surface area contributed by atoms with E-state index in [1.165, 1.54) is 0 Å². The molecule has 27 heavy (non-hydrogen) atoms. The summed E-state index contributed by atoms with van der Waals surface area (Å²) in [7, 11) is 1.55. The Morgan fingerprint density at radius 2 is 1.96 bits per heavy atom. The van der Waals surface area contributed by atoms with E-state index in [-0.39, 0.29) is 11.8 Å². The second-order valence-corrected chi connectivity index (χ2v) is 6.70. The van der Waals surface area contributed by atoms with Crippen molar-refractivity contribution in [2.45, 2.75) is 12.5 Å². The quantitative estimate of drug-likeness (QED) is 0.731. The molecule has 2 aromatic carbocycles. The predicted molar refractivity (Wildman–Crippen MR) is 107 cm³/mol. The summed E-state index contributed by atoms with van der Waals surface area (Å²) in [6.45, 7) is 0. The highest BCUT2D eigenvalue weighted by Crippen LogP contribution is 2.14. The van der Waals surface area contributed by atoms with Crippen molar-refractivity contribution in [1.29, 1.82) is 5.26 Å². The van der Waals surface area contributed by atoms with Gasteiger partial charge in [0.25, 0.3) is 5.91 Å². The van der Waals surface area contributed by atoms with Gasteiger partial charge in [0.1, 0.15) is 11.8 Å². The van der Waals surface area contributed by atoms with Gasteiger partial charge in [0.15, 0.2) is 0 Å². The Labute approximate surface area is 162 Å². The van der Waals surface area contributed by atoms with Crippen molar-refractivity contribution in [2.75, 3.05) is 24.4 Å². The Bertz CT molecular complexity index is 831. The number of ether oxygens (including phenoxy) is 1.